The number of rotatable bonds is 3. The fourth-order valence-electron chi connectivity index (χ4n) is 2.22. The number of nitrogens with two attached hydrogens (primary N) is 1. The Morgan fingerprint density at radius 2 is 1.74 bits per heavy atom. The van der Waals surface area contributed by atoms with Crippen LogP contribution in [-0.4, -0.2) is 24.4 Å². The Balaban J connectivity index is 2.20. The Morgan fingerprint density at radius 3 is 2.26 bits per heavy atom. The van der Waals surface area contributed by atoms with E-state index in [4.69, 9.17) is 15.0 Å². The van der Waals surface area contributed by atoms with E-state index in [1.165, 1.54) is 5.56 Å². The zero-order valence-electron chi connectivity index (χ0n) is 12.6. The van der Waals surface area contributed by atoms with Gasteiger partial charge >= 0.3 is 7.12 Å². The Bertz CT molecular complexity index is 441. The van der Waals surface area contributed by atoms with Crippen LogP contribution in [0.3, 0.4) is 0 Å². The summed E-state index contributed by atoms with van der Waals surface area (Å²) in [6, 6.07) is 8.47. The fourth-order valence-corrected chi connectivity index (χ4v) is 2.22. The van der Waals surface area contributed by atoms with Crippen molar-refractivity contribution in [2.24, 2.45) is 5.73 Å². The number of hydrogen-bond donors (Lipinski definition) is 1. The molecular weight excluding hydrogens is 237 g/mol. The van der Waals surface area contributed by atoms with Gasteiger partial charge < -0.3 is 15.0 Å². The summed E-state index contributed by atoms with van der Waals surface area (Å²) in [6.45, 7) is 10.3. The molecule has 0 aliphatic carbocycles. The fraction of sp³-hybridized carbons (Fsp3) is 0.600. The second kappa shape index (κ2) is 4.93. The molecule has 1 fully saturated rings. The summed E-state index contributed by atoms with van der Waals surface area (Å²) in [5, 5.41) is 0. The van der Waals surface area contributed by atoms with E-state index in [2.05, 4.69) is 39.8 Å². The van der Waals surface area contributed by atoms with Crippen molar-refractivity contribution in [1.29, 1.82) is 0 Å². The van der Waals surface area contributed by atoms with E-state index in [0.29, 0.717) is 0 Å². The number of benzene rings is 1. The molecule has 0 aromatic heterocycles. The van der Waals surface area contributed by atoms with Gasteiger partial charge in [-0.25, -0.2) is 0 Å². The lowest BCUT2D eigenvalue weighted by Gasteiger charge is -2.32. The molecule has 0 spiro atoms. The molecule has 0 radical (unpaired) electrons. The van der Waals surface area contributed by atoms with Crippen LogP contribution in [0.25, 0.3) is 0 Å². The molecule has 1 heterocycles. The van der Waals surface area contributed by atoms with Gasteiger partial charge in [0.1, 0.15) is 0 Å². The average molecular weight is 261 g/mol. The van der Waals surface area contributed by atoms with Crippen molar-refractivity contribution >= 4 is 12.6 Å². The highest BCUT2D eigenvalue weighted by Crippen LogP contribution is 2.36. The maximum atomic E-state index is 6.06. The topological polar surface area (TPSA) is 44.5 Å². The standard InChI is InChI=1S/C15H24BNO2/c1-11(17)9-12-7-6-8-13(10-12)16-18-14(2,3)15(4,5)19-16/h6-8,10-11H,9,17H2,1-5H3. The largest absolute Gasteiger partial charge is 0.494 e. The van der Waals surface area contributed by atoms with Gasteiger partial charge in [-0.05, 0) is 52.1 Å². The molecule has 0 saturated carbocycles. The van der Waals surface area contributed by atoms with Crippen LogP contribution in [-0.2, 0) is 15.7 Å². The van der Waals surface area contributed by atoms with E-state index in [-0.39, 0.29) is 24.4 Å². The highest BCUT2D eigenvalue weighted by atomic mass is 16.7. The first-order chi connectivity index (χ1) is 8.71. The molecule has 0 amide bonds. The van der Waals surface area contributed by atoms with Gasteiger partial charge in [0.15, 0.2) is 0 Å². The van der Waals surface area contributed by atoms with Gasteiger partial charge in [0, 0.05) is 6.04 Å². The third-order valence-corrected chi connectivity index (χ3v) is 4.03. The van der Waals surface area contributed by atoms with Crippen molar-refractivity contribution < 1.29 is 9.31 Å². The molecule has 1 atom stereocenters. The smallest absolute Gasteiger partial charge is 0.399 e. The first-order valence-corrected chi connectivity index (χ1v) is 6.91. The van der Waals surface area contributed by atoms with Crippen molar-refractivity contribution in [3.63, 3.8) is 0 Å². The SMILES string of the molecule is CC(N)Cc1cccc(B2OC(C)(C)C(C)(C)O2)c1. The monoisotopic (exact) mass is 261 g/mol. The van der Waals surface area contributed by atoms with Gasteiger partial charge in [0.05, 0.1) is 11.2 Å². The minimum absolute atomic E-state index is 0.161. The van der Waals surface area contributed by atoms with Crippen LogP contribution in [0.15, 0.2) is 24.3 Å². The van der Waals surface area contributed by atoms with Crippen LogP contribution in [0, 0.1) is 0 Å². The summed E-state index contributed by atoms with van der Waals surface area (Å²) in [5.74, 6) is 0. The van der Waals surface area contributed by atoms with Crippen molar-refractivity contribution in [1.82, 2.24) is 0 Å². The molecule has 2 rings (SSSR count). The first kappa shape index (κ1) is 14.6. The van der Waals surface area contributed by atoms with Crippen LogP contribution in [0.1, 0.15) is 40.2 Å². The van der Waals surface area contributed by atoms with Crippen LogP contribution in [0.5, 0.6) is 0 Å². The molecular formula is C15H24BNO2. The molecule has 1 aliphatic rings. The zero-order valence-corrected chi connectivity index (χ0v) is 12.6. The molecule has 1 aromatic rings. The normalized spacial score (nSPS) is 22.5. The molecule has 19 heavy (non-hydrogen) atoms. The molecule has 1 aliphatic heterocycles. The maximum Gasteiger partial charge on any atom is 0.494 e. The molecule has 104 valence electrons. The Morgan fingerprint density at radius 1 is 1.16 bits per heavy atom. The van der Waals surface area contributed by atoms with E-state index >= 15 is 0 Å². The molecule has 1 saturated heterocycles. The van der Waals surface area contributed by atoms with Gasteiger partial charge in [0.2, 0.25) is 0 Å². The highest BCUT2D eigenvalue weighted by Gasteiger charge is 2.51. The molecule has 0 bridgehead atoms. The lowest BCUT2D eigenvalue weighted by atomic mass is 9.78. The summed E-state index contributed by atoms with van der Waals surface area (Å²) in [5.41, 5.74) is 7.55. The average Bonchev–Trinajstić information content (AvgIpc) is 2.47. The molecule has 2 N–H and O–H groups in total. The highest BCUT2D eigenvalue weighted by molar-refractivity contribution is 6.62. The minimum Gasteiger partial charge on any atom is -0.399 e. The van der Waals surface area contributed by atoms with Gasteiger partial charge in [-0.2, -0.15) is 0 Å². The van der Waals surface area contributed by atoms with E-state index in [1.54, 1.807) is 0 Å². The third-order valence-electron chi connectivity index (χ3n) is 4.03. The zero-order chi connectivity index (χ0) is 14.3. The van der Waals surface area contributed by atoms with Crippen molar-refractivity contribution in [3.05, 3.63) is 29.8 Å². The van der Waals surface area contributed by atoms with Crippen molar-refractivity contribution in [3.8, 4) is 0 Å². The molecule has 1 aromatic carbocycles. The predicted octanol–water partition coefficient (Wildman–Crippen LogP) is 1.88. The Labute approximate surface area is 116 Å². The Kier molecular flexibility index (Phi) is 3.78. The summed E-state index contributed by atoms with van der Waals surface area (Å²) in [4.78, 5) is 0. The maximum absolute atomic E-state index is 6.06. The van der Waals surface area contributed by atoms with E-state index in [1.807, 2.05) is 19.1 Å². The number of hydrogen-bond acceptors (Lipinski definition) is 3. The van der Waals surface area contributed by atoms with Crippen LogP contribution >= 0.6 is 0 Å². The van der Waals surface area contributed by atoms with Crippen molar-refractivity contribution in [2.45, 2.75) is 58.3 Å². The summed E-state index contributed by atoms with van der Waals surface area (Å²) < 4.78 is 12.1. The second-order valence-corrected chi connectivity index (χ2v) is 6.51. The minimum atomic E-state index is -0.297. The van der Waals surface area contributed by atoms with Crippen LogP contribution in [0.2, 0.25) is 0 Å². The quantitative estimate of drug-likeness (QED) is 0.845. The molecule has 3 nitrogen and oxygen atoms in total. The van der Waals surface area contributed by atoms with Crippen molar-refractivity contribution in [2.75, 3.05) is 0 Å². The summed E-state index contributed by atoms with van der Waals surface area (Å²) in [6.07, 6.45) is 0.868. The van der Waals surface area contributed by atoms with Gasteiger partial charge in [-0.15, -0.1) is 0 Å². The van der Waals surface area contributed by atoms with E-state index < -0.39 is 0 Å². The van der Waals surface area contributed by atoms with E-state index in [0.717, 1.165) is 11.9 Å². The molecule has 1 unspecified atom stereocenters. The Hall–Kier alpha value is -0.835. The first-order valence-electron chi connectivity index (χ1n) is 6.91. The second-order valence-electron chi connectivity index (χ2n) is 6.51. The van der Waals surface area contributed by atoms with E-state index in [9.17, 15) is 0 Å². The summed E-state index contributed by atoms with van der Waals surface area (Å²) >= 11 is 0. The van der Waals surface area contributed by atoms with Crippen LogP contribution in [0.4, 0.5) is 0 Å². The lowest BCUT2D eigenvalue weighted by molar-refractivity contribution is 0.00578. The lowest BCUT2D eigenvalue weighted by Crippen LogP contribution is -2.41. The molecule has 4 heteroatoms. The predicted molar refractivity (Wildman–Crippen MR) is 79.5 cm³/mol. The van der Waals surface area contributed by atoms with Gasteiger partial charge in [-0.1, -0.05) is 24.3 Å². The van der Waals surface area contributed by atoms with Gasteiger partial charge in [-0.3, -0.25) is 0 Å². The summed E-state index contributed by atoms with van der Waals surface area (Å²) in [7, 11) is -0.293. The van der Waals surface area contributed by atoms with Gasteiger partial charge in [0.25, 0.3) is 0 Å². The third kappa shape index (κ3) is 3.02. The van der Waals surface area contributed by atoms with Crippen LogP contribution < -0.4 is 11.2 Å².